The van der Waals surface area contributed by atoms with E-state index in [1.54, 1.807) is 6.20 Å². The van der Waals surface area contributed by atoms with Crippen LogP contribution in [0.3, 0.4) is 0 Å². The van der Waals surface area contributed by atoms with Gasteiger partial charge in [-0.15, -0.1) is 0 Å². The van der Waals surface area contributed by atoms with Crippen molar-refractivity contribution in [1.29, 1.82) is 0 Å². The van der Waals surface area contributed by atoms with E-state index in [0.29, 0.717) is 44.0 Å². The molecule has 0 aliphatic carbocycles. The number of pyridine rings is 1. The molecule has 0 radical (unpaired) electrons. The maximum Gasteiger partial charge on any atom is 0.404 e. The van der Waals surface area contributed by atoms with Crippen LogP contribution in [0.1, 0.15) is 55.1 Å². The molecule has 1 saturated heterocycles. The summed E-state index contributed by atoms with van der Waals surface area (Å²) in [7, 11) is 2.02. The van der Waals surface area contributed by atoms with Crippen LogP contribution in [0.15, 0.2) is 36.5 Å². The standard InChI is InChI=1S/C27H36N6O4/c1-18(2)33-25-23(16-29-33)22(26(34)30-21-8-12-36-13-9-21)15-24(31-25)20-7-4-6-19(14-20)17-32(3)10-5-11-37-27(28)35/h4,6-7,14-16,18,21H,5,8-13,17H2,1-3H3,(H2,28,35)(H,30,34). The molecule has 198 valence electrons. The van der Waals surface area contributed by atoms with Gasteiger partial charge < -0.3 is 25.4 Å². The van der Waals surface area contributed by atoms with Crippen molar-refractivity contribution < 1.29 is 19.1 Å². The molecule has 0 atom stereocenters. The van der Waals surface area contributed by atoms with E-state index in [-0.39, 0.29) is 18.0 Å². The summed E-state index contributed by atoms with van der Waals surface area (Å²) in [6, 6.07) is 10.2. The van der Waals surface area contributed by atoms with Gasteiger partial charge in [-0.3, -0.25) is 4.79 Å². The van der Waals surface area contributed by atoms with Crippen LogP contribution in [0.4, 0.5) is 4.79 Å². The van der Waals surface area contributed by atoms with E-state index in [1.807, 2.05) is 43.8 Å². The van der Waals surface area contributed by atoms with Gasteiger partial charge >= 0.3 is 6.09 Å². The molecule has 2 amide bonds. The normalized spacial score (nSPS) is 14.4. The Morgan fingerprint density at radius 2 is 2.05 bits per heavy atom. The monoisotopic (exact) mass is 508 g/mol. The van der Waals surface area contributed by atoms with Crippen molar-refractivity contribution in [3.05, 3.63) is 47.7 Å². The predicted octanol–water partition coefficient (Wildman–Crippen LogP) is 3.51. The minimum Gasteiger partial charge on any atom is -0.450 e. The molecule has 0 unspecified atom stereocenters. The van der Waals surface area contributed by atoms with Crippen LogP contribution in [0.5, 0.6) is 0 Å². The average molecular weight is 509 g/mol. The molecular formula is C27H36N6O4. The first-order valence-corrected chi connectivity index (χ1v) is 12.8. The molecule has 37 heavy (non-hydrogen) atoms. The highest BCUT2D eigenvalue weighted by Gasteiger charge is 2.22. The summed E-state index contributed by atoms with van der Waals surface area (Å²) in [5.74, 6) is -0.113. The van der Waals surface area contributed by atoms with Gasteiger partial charge in [0.05, 0.1) is 29.4 Å². The SMILES string of the molecule is CC(C)n1ncc2c(C(=O)NC3CCOCC3)cc(-c3cccc(CN(C)CCCOC(N)=O)c3)nc21. The zero-order valence-corrected chi connectivity index (χ0v) is 21.8. The Morgan fingerprint density at radius 3 is 2.78 bits per heavy atom. The fourth-order valence-electron chi connectivity index (χ4n) is 4.56. The predicted molar refractivity (Wildman–Crippen MR) is 141 cm³/mol. The maximum absolute atomic E-state index is 13.4. The number of fused-ring (bicyclic) bond motifs is 1. The molecular weight excluding hydrogens is 472 g/mol. The number of carbonyl (C=O) groups excluding carboxylic acids is 2. The smallest absolute Gasteiger partial charge is 0.404 e. The lowest BCUT2D eigenvalue weighted by Gasteiger charge is -2.23. The molecule has 1 aliphatic heterocycles. The molecule has 0 saturated carbocycles. The highest BCUT2D eigenvalue weighted by molar-refractivity contribution is 6.06. The highest BCUT2D eigenvalue weighted by atomic mass is 16.5. The molecule has 3 aromatic rings. The lowest BCUT2D eigenvalue weighted by molar-refractivity contribution is 0.0697. The number of hydrogen-bond donors (Lipinski definition) is 2. The van der Waals surface area contributed by atoms with Crippen LogP contribution in [0.2, 0.25) is 0 Å². The van der Waals surface area contributed by atoms with Gasteiger partial charge in [-0.05, 0) is 57.9 Å². The number of nitrogens with one attached hydrogen (secondary N) is 1. The van der Waals surface area contributed by atoms with Crippen LogP contribution < -0.4 is 11.1 Å². The summed E-state index contributed by atoms with van der Waals surface area (Å²) >= 11 is 0. The van der Waals surface area contributed by atoms with Gasteiger partial charge in [0.15, 0.2) is 5.65 Å². The number of primary amides is 1. The molecule has 2 aromatic heterocycles. The van der Waals surface area contributed by atoms with Crippen LogP contribution in [0, 0.1) is 0 Å². The lowest BCUT2D eigenvalue weighted by atomic mass is 10.0. The molecule has 10 nitrogen and oxygen atoms in total. The van der Waals surface area contributed by atoms with Crippen LogP contribution in [-0.4, -0.2) is 71.1 Å². The van der Waals surface area contributed by atoms with Gasteiger partial charge in [0.1, 0.15) is 0 Å². The van der Waals surface area contributed by atoms with Crippen molar-refractivity contribution in [2.45, 2.75) is 51.7 Å². The third-order valence-corrected chi connectivity index (χ3v) is 6.46. The third kappa shape index (κ3) is 6.84. The van der Waals surface area contributed by atoms with E-state index >= 15 is 0 Å². The minimum absolute atomic E-state index is 0.0975. The Bertz CT molecular complexity index is 1230. The second-order valence-electron chi connectivity index (χ2n) is 9.79. The van der Waals surface area contributed by atoms with E-state index in [9.17, 15) is 9.59 Å². The third-order valence-electron chi connectivity index (χ3n) is 6.46. The summed E-state index contributed by atoms with van der Waals surface area (Å²) < 4.78 is 12.1. The van der Waals surface area contributed by atoms with Gasteiger partial charge in [-0.2, -0.15) is 5.10 Å². The first-order valence-electron chi connectivity index (χ1n) is 12.8. The molecule has 10 heteroatoms. The lowest BCUT2D eigenvalue weighted by Crippen LogP contribution is -2.39. The Kier molecular flexibility index (Phi) is 8.73. The summed E-state index contributed by atoms with van der Waals surface area (Å²) in [5, 5.41) is 8.46. The highest BCUT2D eigenvalue weighted by Crippen LogP contribution is 2.27. The number of benzene rings is 1. The minimum atomic E-state index is -0.751. The Balaban J connectivity index is 1.59. The number of nitrogens with zero attached hydrogens (tertiary/aromatic N) is 4. The van der Waals surface area contributed by atoms with Crippen molar-refractivity contribution in [2.24, 2.45) is 5.73 Å². The Labute approximate surface area is 217 Å². The van der Waals surface area contributed by atoms with Crippen molar-refractivity contribution >= 4 is 23.0 Å². The van der Waals surface area contributed by atoms with Crippen LogP contribution >= 0.6 is 0 Å². The summed E-state index contributed by atoms with van der Waals surface area (Å²) in [6.45, 7) is 7.19. The number of hydrogen-bond acceptors (Lipinski definition) is 7. The van der Waals surface area contributed by atoms with Crippen LogP contribution in [0.25, 0.3) is 22.3 Å². The zero-order chi connectivity index (χ0) is 26.4. The second kappa shape index (κ2) is 12.2. The second-order valence-corrected chi connectivity index (χ2v) is 9.79. The van der Waals surface area contributed by atoms with Gasteiger partial charge in [0.2, 0.25) is 0 Å². The molecule has 3 N–H and O–H groups in total. The molecule has 0 spiro atoms. The Hall–Kier alpha value is -3.50. The quantitative estimate of drug-likeness (QED) is 0.402. The molecule has 3 heterocycles. The zero-order valence-electron chi connectivity index (χ0n) is 21.8. The molecule has 1 aromatic carbocycles. The fourth-order valence-corrected chi connectivity index (χ4v) is 4.56. The Morgan fingerprint density at radius 1 is 1.27 bits per heavy atom. The van der Waals surface area contributed by atoms with Crippen LogP contribution in [-0.2, 0) is 16.0 Å². The fraction of sp³-hybridized carbons (Fsp3) is 0.481. The summed E-state index contributed by atoms with van der Waals surface area (Å²) in [5.41, 5.74) is 9.07. The number of aromatic nitrogens is 3. The maximum atomic E-state index is 13.4. The van der Waals surface area contributed by atoms with E-state index < -0.39 is 6.09 Å². The number of carbonyl (C=O) groups is 2. The van der Waals surface area contributed by atoms with Crippen molar-refractivity contribution in [2.75, 3.05) is 33.4 Å². The van der Waals surface area contributed by atoms with E-state index in [4.69, 9.17) is 20.2 Å². The van der Waals surface area contributed by atoms with Gasteiger partial charge in [-0.1, -0.05) is 18.2 Å². The van der Waals surface area contributed by atoms with Crippen molar-refractivity contribution in [3.8, 4) is 11.3 Å². The molecule has 1 aliphatic rings. The van der Waals surface area contributed by atoms with Crippen molar-refractivity contribution in [1.82, 2.24) is 25.0 Å². The average Bonchev–Trinajstić information content (AvgIpc) is 3.31. The van der Waals surface area contributed by atoms with E-state index in [0.717, 1.165) is 41.6 Å². The molecule has 0 bridgehead atoms. The first kappa shape index (κ1) is 26.6. The van der Waals surface area contributed by atoms with E-state index in [2.05, 4.69) is 27.4 Å². The largest absolute Gasteiger partial charge is 0.450 e. The van der Waals surface area contributed by atoms with Gasteiger partial charge in [0.25, 0.3) is 5.91 Å². The number of ether oxygens (including phenoxy) is 2. The molecule has 1 fully saturated rings. The molecule has 4 rings (SSSR count). The van der Waals surface area contributed by atoms with E-state index in [1.165, 1.54) is 0 Å². The van der Waals surface area contributed by atoms with Gasteiger partial charge in [-0.25, -0.2) is 14.5 Å². The topological polar surface area (TPSA) is 125 Å². The summed E-state index contributed by atoms with van der Waals surface area (Å²) in [6.07, 6.45) is 3.30. The number of rotatable bonds is 10. The van der Waals surface area contributed by atoms with Crippen molar-refractivity contribution in [3.63, 3.8) is 0 Å². The number of amides is 2. The number of nitrogens with two attached hydrogens (primary N) is 1. The first-order chi connectivity index (χ1) is 17.8. The summed E-state index contributed by atoms with van der Waals surface area (Å²) in [4.78, 5) is 31.2. The van der Waals surface area contributed by atoms with Gasteiger partial charge in [0, 0.05) is 44.0 Å².